The van der Waals surface area contributed by atoms with E-state index >= 15 is 0 Å². The molecule has 0 fully saturated rings. The summed E-state index contributed by atoms with van der Waals surface area (Å²) in [6, 6.07) is 11.1. The van der Waals surface area contributed by atoms with Crippen LogP contribution in [0.15, 0.2) is 53.7 Å². The van der Waals surface area contributed by atoms with Gasteiger partial charge in [0.1, 0.15) is 22.9 Å². The van der Waals surface area contributed by atoms with Gasteiger partial charge in [-0.25, -0.2) is 8.42 Å². The van der Waals surface area contributed by atoms with Gasteiger partial charge in [0.2, 0.25) is 10.0 Å². The molecule has 0 saturated carbocycles. The Kier molecular flexibility index (Phi) is 8.11. The molecule has 0 unspecified atom stereocenters. The van der Waals surface area contributed by atoms with Gasteiger partial charge in [0.25, 0.3) is 6.47 Å². The van der Waals surface area contributed by atoms with Crippen molar-refractivity contribution >= 4 is 33.6 Å². The van der Waals surface area contributed by atoms with E-state index in [1.165, 1.54) is 35.0 Å². The number of carbonyl (C=O) groups is 2. The number of hydrogen-bond acceptors (Lipinski definition) is 8. The second-order valence-corrected chi connectivity index (χ2v) is 12.1. The van der Waals surface area contributed by atoms with Crippen molar-refractivity contribution in [1.82, 2.24) is 9.29 Å². The van der Waals surface area contributed by atoms with Gasteiger partial charge in [0.05, 0.1) is 23.5 Å². The largest absolute Gasteiger partial charge is 0.488 e. The van der Waals surface area contributed by atoms with E-state index in [0.717, 1.165) is 21.6 Å². The summed E-state index contributed by atoms with van der Waals surface area (Å²) in [4.78, 5) is 28.7. The van der Waals surface area contributed by atoms with Crippen LogP contribution in [0.2, 0.25) is 0 Å². The summed E-state index contributed by atoms with van der Waals surface area (Å²) >= 11 is 1.37. The number of nitrogens with zero attached hydrogens (tertiary/aromatic N) is 2. The van der Waals surface area contributed by atoms with Gasteiger partial charge in [0.15, 0.2) is 5.78 Å². The van der Waals surface area contributed by atoms with Crippen LogP contribution in [0.25, 0.3) is 0 Å². The summed E-state index contributed by atoms with van der Waals surface area (Å²) in [6.07, 6.45) is 2.70. The van der Waals surface area contributed by atoms with Gasteiger partial charge >= 0.3 is 0 Å². The van der Waals surface area contributed by atoms with Crippen molar-refractivity contribution in [2.75, 3.05) is 6.54 Å². The highest BCUT2D eigenvalue weighted by molar-refractivity contribution is 7.89. The summed E-state index contributed by atoms with van der Waals surface area (Å²) in [5.74, 6) is -0.0360. The number of sulfonamides is 1. The van der Waals surface area contributed by atoms with E-state index in [-0.39, 0.29) is 35.8 Å². The Hall–Kier alpha value is -3.08. The Morgan fingerprint density at radius 1 is 1.30 bits per heavy atom. The van der Waals surface area contributed by atoms with Crippen molar-refractivity contribution in [2.45, 2.75) is 63.7 Å². The quantitative estimate of drug-likeness (QED) is 0.285. The Morgan fingerprint density at radius 3 is 2.76 bits per heavy atom. The standard InChI is InChI=1S/C27H30N2O6S2/c1-5-22-15-29(37(32,33)26-13-28-11-10-23(26)35-22)14-21-12-20(7-6-17(21)2)27(19(4)34-16-30)25-9-8-24(36-25)18(3)31/h6-13,16,19,22,27H,5,14-15H2,1-4H3/t19-,22+,27+/m0/s1. The first-order chi connectivity index (χ1) is 17.6. The highest BCUT2D eigenvalue weighted by Crippen LogP contribution is 2.37. The van der Waals surface area contributed by atoms with Gasteiger partial charge in [-0.2, -0.15) is 4.31 Å². The minimum atomic E-state index is -3.85. The third-order valence-electron chi connectivity index (χ3n) is 6.62. The van der Waals surface area contributed by atoms with Crippen LogP contribution in [0.4, 0.5) is 0 Å². The maximum absolute atomic E-state index is 13.6. The van der Waals surface area contributed by atoms with Crippen LogP contribution in [0.3, 0.4) is 0 Å². The van der Waals surface area contributed by atoms with E-state index in [4.69, 9.17) is 9.47 Å². The zero-order valence-electron chi connectivity index (χ0n) is 21.2. The highest BCUT2D eigenvalue weighted by Gasteiger charge is 2.35. The molecule has 1 aliphatic rings. The molecule has 0 saturated heterocycles. The number of Topliss-reactive ketones (excluding diaryl/α,β-unsaturated/α-hetero) is 1. The first-order valence-corrected chi connectivity index (χ1v) is 14.3. The zero-order chi connectivity index (χ0) is 26.7. The molecule has 0 radical (unpaired) electrons. The molecule has 10 heteroatoms. The Balaban J connectivity index is 1.74. The number of fused-ring (bicyclic) bond motifs is 1. The number of thiophene rings is 1. The van der Waals surface area contributed by atoms with Crippen molar-refractivity contribution in [3.8, 4) is 5.75 Å². The maximum atomic E-state index is 13.6. The number of rotatable bonds is 9. The lowest BCUT2D eigenvalue weighted by molar-refractivity contribution is -0.133. The van der Waals surface area contributed by atoms with Crippen LogP contribution in [-0.4, -0.2) is 48.7 Å². The third-order valence-corrected chi connectivity index (χ3v) is 9.71. The van der Waals surface area contributed by atoms with E-state index in [2.05, 4.69) is 4.98 Å². The summed E-state index contributed by atoms with van der Waals surface area (Å²) in [5.41, 5.74) is 2.63. The Labute approximate surface area is 221 Å². The molecule has 1 aromatic carbocycles. The number of ether oxygens (including phenoxy) is 2. The number of aryl methyl sites for hydroxylation is 1. The fraction of sp³-hybridized carbons (Fsp3) is 0.370. The molecule has 0 amide bonds. The van der Waals surface area contributed by atoms with E-state index in [1.807, 2.05) is 38.1 Å². The van der Waals surface area contributed by atoms with Gasteiger partial charge in [-0.05, 0) is 62.1 Å². The van der Waals surface area contributed by atoms with Crippen LogP contribution in [0.1, 0.15) is 64.3 Å². The summed E-state index contributed by atoms with van der Waals surface area (Å²) in [6.45, 7) is 8.00. The molecular formula is C27H30N2O6S2. The lowest BCUT2D eigenvalue weighted by atomic mass is 9.90. The van der Waals surface area contributed by atoms with Crippen LogP contribution in [0.5, 0.6) is 5.75 Å². The fourth-order valence-electron chi connectivity index (χ4n) is 4.49. The Morgan fingerprint density at radius 2 is 2.08 bits per heavy atom. The second kappa shape index (κ2) is 11.1. The molecule has 196 valence electrons. The molecule has 37 heavy (non-hydrogen) atoms. The zero-order valence-corrected chi connectivity index (χ0v) is 22.8. The van der Waals surface area contributed by atoms with Crippen molar-refractivity contribution in [2.24, 2.45) is 0 Å². The number of pyridine rings is 1. The molecule has 0 spiro atoms. The summed E-state index contributed by atoms with van der Waals surface area (Å²) < 4.78 is 40.0. The van der Waals surface area contributed by atoms with Crippen molar-refractivity contribution < 1.29 is 27.5 Å². The van der Waals surface area contributed by atoms with Crippen molar-refractivity contribution in [1.29, 1.82) is 0 Å². The molecule has 2 aromatic heterocycles. The number of benzene rings is 1. The molecule has 1 aliphatic heterocycles. The highest BCUT2D eigenvalue weighted by atomic mass is 32.2. The van der Waals surface area contributed by atoms with E-state index in [1.54, 1.807) is 19.1 Å². The molecule has 3 atom stereocenters. The monoisotopic (exact) mass is 542 g/mol. The average molecular weight is 543 g/mol. The van der Waals surface area contributed by atoms with Gasteiger partial charge < -0.3 is 9.47 Å². The summed E-state index contributed by atoms with van der Waals surface area (Å²) in [7, 11) is -3.85. The normalized spacial score (nSPS) is 18.6. The molecule has 8 nitrogen and oxygen atoms in total. The third kappa shape index (κ3) is 5.61. The molecular weight excluding hydrogens is 512 g/mol. The summed E-state index contributed by atoms with van der Waals surface area (Å²) in [5, 5.41) is 0. The van der Waals surface area contributed by atoms with Gasteiger partial charge in [-0.1, -0.05) is 25.1 Å². The predicted molar refractivity (Wildman–Crippen MR) is 140 cm³/mol. The fourth-order valence-corrected chi connectivity index (χ4v) is 7.13. The Bertz CT molecular complexity index is 1400. The molecule has 0 aliphatic carbocycles. The average Bonchev–Trinajstić information content (AvgIpc) is 3.31. The number of aromatic nitrogens is 1. The lowest BCUT2D eigenvalue weighted by Crippen LogP contribution is -2.36. The molecule has 0 bridgehead atoms. The number of ketones is 1. The van der Waals surface area contributed by atoms with Crippen LogP contribution in [-0.2, 0) is 26.1 Å². The van der Waals surface area contributed by atoms with Gasteiger partial charge in [0, 0.05) is 17.6 Å². The molecule has 3 aromatic rings. The first-order valence-electron chi connectivity index (χ1n) is 12.1. The molecule has 0 N–H and O–H groups in total. The smallest absolute Gasteiger partial charge is 0.293 e. The van der Waals surface area contributed by atoms with Crippen LogP contribution >= 0.6 is 11.3 Å². The van der Waals surface area contributed by atoms with E-state index < -0.39 is 16.1 Å². The van der Waals surface area contributed by atoms with Crippen LogP contribution in [0, 0.1) is 6.92 Å². The van der Waals surface area contributed by atoms with E-state index in [0.29, 0.717) is 23.5 Å². The van der Waals surface area contributed by atoms with Crippen molar-refractivity contribution in [3.63, 3.8) is 0 Å². The molecule has 3 heterocycles. The number of hydrogen-bond donors (Lipinski definition) is 0. The lowest BCUT2D eigenvalue weighted by Gasteiger charge is -2.26. The minimum absolute atomic E-state index is 0.0302. The number of carbonyl (C=O) groups excluding carboxylic acids is 2. The predicted octanol–water partition coefficient (Wildman–Crippen LogP) is 4.71. The topological polar surface area (TPSA) is 103 Å². The minimum Gasteiger partial charge on any atom is -0.488 e. The van der Waals surface area contributed by atoms with Gasteiger partial charge in [-0.3, -0.25) is 14.6 Å². The van der Waals surface area contributed by atoms with E-state index in [9.17, 15) is 18.0 Å². The first kappa shape index (κ1) is 27.0. The second-order valence-electron chi connectivity index (χ2n) is 9.13. The van der Waals surface area contributed by atoms with Crippen molar-refractivity contribution in [3.05, 3.63) is 75.2 Å². The molecule has 4 rings (SSSR count). The maximum Gasteiger partial charge on any atom is 0.293 e. The van der Waals surface area contributed by atoms with Crippen LogP contribution < -0.4 is 4.74 Å². The van der Waals surface area contributed by atoms with Gasteiger partial charge in [-0.15, -0.1) is 11.3 Å². The SMILES string of the molecule is CC[C@@H]1CN(Cc2cc([C@H](c3ccc(C(C)=O)s3)[C@H](C)OC=O)ccc2C)S(=O)(=O)c2cnccc2O1.